The number of carbonyl (C=O) groups is 1. The van der Waals surface area contributed by atoms with Gasteiger partial charge in [-0.2, -0.15) is 4.98 Å². The zero-order chi connectivity index (χ0) is 25.4. The first-order valence-electron chi connectivity index (χ1n) is 10.8. The smallest absolute Gasteiger partial charge is 0.259 e. The number of aromatic nitrogens is 5. The molecule has 180 valence electrons. The molecule has 4 heterocycles. The quantitative estimate of drug-likeness (QED) is 0.354. The van der Waals surface area contributed by atoms with E-state index in [0.717, 1.165) is 11.3 Å². The number of nitrogens with zero attached hydrogens (tertiary/aromatic N) is 5. The number of ether oxygens (including phenoxy) is 1. The Labute approximate surface area is 214 Å². The number of thiazole rings is 1. The van der Waals surface area contributed by atoms with Gasteiger partial charge in [0, 0.05) is 34.6 Å². The third-order valence-corrected chi connectivity index (χ3v) is 6.46. The SMILES string of the molecule is COc1ccc(Cl)cc1-c1cc(-n2ccc(C)cc2=O)ncc1C(=O)Nc1nc2ncc(C)nc2s1. The lowest BCUT2D eigenvalue weighted by Crippen LogP contribution is -2.19. The molecule has 9 nitrogen and oxygen atoms in total. The molecule has 0 aliphatic heterocycles. The minimum atomic E-state index is -0.446. The van der Waals surface area contributed by atoms with Crippen molar-refractivity contribution in [1.82, 2.24) is 24.5 Å². The molecule has 1 amide bonds. The standard InChI is InChI=1S/C25H19ClN6O3S/c1-13-6-7-32(21(33)8-13)20-10-16(17-9-15(26)4-5-19(17)35-3)18(12-27-20)23(34)31-25-30-22-24(36-25)29-14(2)11-28-22/h4-12H,1-3H3,(H,28,30,31,34). The van der Waals surface area contributed by atoms with Gasteiger partial charge in [-0.1, -0.05) is 22.9 Å². The third-order valence-electron chi connectivity index (χ3n) is 5.37. The summed E-state index contributed by atoms with van der Waals surface area (Å²) >= 11 is 7.51. The van der Waals surface area contributed by atoms with Crippen LogP contribution in [0.3, 0.4) is 0 Å². The number of anilines is 1. The van der Waals surface area contributed by atoms with Crippen LogP contribution in [0.15, 0.2) is 59.8 Å². The van der Waals surface area contributed by atoms with E-state index in [9.17, 15) is 9.59 Å². The Hall–Kier alpha value is -4.15. The van der Waals surface area contributed by atoms with Gasteiger partial charge in [0.1, 0.15) is 11.6 Å². The lowest BCUT2D eigenvalue weighted by atomic mass is 9.99. The zero-order valence-electron chi connectivity index (χ0n) is 19.4. The first kappa shape index (κ1) is 23.6. The fourth-order valence-corrected chi connectivity index (χ4v) is 4.67. The fourth-order valence-electron chi connectivity index (χ4n) is 3.66. The number of hydrogen-bond donors (Lipinski definition) is 1. The van der Waals surface area contributed by atoms with E-state index in [2.05, 4.69) is 25.3 Å². The molecule has 11 heteroatoms. The molecule has 5 rings (SSSR count). The third kappa shape index (κ3) is 4.56. The lowest BCUT2D eigenvalue weighted by Gasteiger charge is -2.15. The largest absolute Gasteiger partial charge is 0.496 e. The van der Waals surface area contributed by atoms with E-state index in [1.54, 1.807) is 42.7 Å². The molecule has 0 spiro atoms. The average molecular weight is 519 g/mol. The molecule has 0 aliphatic carbocycles. The van der Waals surface area contributed by atoms with Gasteiger partial charge in [-0.3, -0.25) is 19.5 Å². The van der Waals surface area contributed by atoms with Gasteiger partial charge in [0.05, 0.1) is 24.6 Å². The van der Waals surface area contributed by atoms with Gasteiger partial charge in [0.2, 0.25) is 0 Å². The summed E-state index contributed by atoms with van der Waals surface area (Å²) < 4.78 is 6.94. The Morgan fingerprint density at radius 1 is 1.06 bits per heavy atom. The monoisotopic (exact) mass is 518 g/mol. The molecular weight excluding hydrogens is 500 g/mol. The number of fused-ring (bicyclic) bond motifs is 1. The van der Waals surface area contributed by atoms with E-state index < -0.39 is 5.91 Å². The number of rotatable bonds is 5. The number of halogens is 1. The molecule has 5 aromatic rings. The van der Waals surface area contributed by atoms with Gasteiger partial charge < -0.3 is 4.74 Å². The Balaban J connectivity index is 1.63. The minimum Gasteiger partial charge on any atom is -0.496 e. The molecule has 0 saturated carbocycles. The Bertz CT molecular complexity index is 1700. The van der Waals surface area contributed by atoms with Gasteiger partial charge in [-0.05, 0) is 49.7 Å². The minimum absolute atomic E-state index is 0.242. The van der Waals surface area contributed by atoms with E-state index in [4.69, 9.17) is 16.3 Å². The predicted molar refractivity (Wildman–Crippen MR) is 139 cm³/mol. The van der Waals surface area contributed by atoms with Crippen molar-refractivity contribution in [2.45, 2.75) is 13.8 Å². The van der Waals surface area contributed by atoms with Crippen LogP contribution >= 0.6 is 22.9 Å². The number of carbonyl (C=O) groups excluding carboxylic acids is 1. The molecule has 1 aromatic carbocycles. The van der Waals surface area contributed by atoms with Crippen LogP contribution in [0.4, 0.5) is 5.13 Å². The number of nitrogens with one attached hydrogen (secondary N) is 1. The van der Waals surface area contributed by atoms with E-state index >= 15 is 0 Å². The summed E-state index contributed by atoms with van der Waals surface area (Å²) in [7, 11) is 1.53. The molecular formula is C25H19ClN6O3S. The Morgan fingerprint density at radius 3 is 2.67 bits per heavy atom. The van der Waals surface area contributed by atoms with Crippen LogP contribution in [-0.2, 0) is 0 Å². The van der Waals surface area contributed by atoms with E-state index in [-0.39, 0.29) is 11.1 Å². The van der Waals surface area contributed by atoms with Crippen LogP contribution in [0.5, 0.6) is 5.75 Å². The Morgan fingerprint density at radius 2 is 1.89 bits per heavy atom. The number of benzene rings is 1. The molecule has 36 heavy (non-hydrogen) atoms. The first-order chi connectivity index (χ1) is 17.3. The summed E-state index contributed by atoms with van der Waals surface area (Å²) in [4.78, 5) is 44.1. The molecule has 0 radical (unpaired) electrons. The van der Waals surface area contributed by atoms with Gasteiger partial charge in [0.25, 0.3) is 11.5 Å². The van der Waals surface area contributed by atoms with Gasteiger partial charge in [-0.15, -0.1) is 0 Å². The summed E-state index contributed by atoms with van der Waals surface area (Å²) in [5, 5.41) is 3.62. The van der Waals surface area contributed by atoms with Crippen molar-refractivity contribution in [2.24, 2.45) is 0 Å². The van der Waals surface area contributed by atoms with Gasteiger partial charge in [-0.25, -0.2) is 15.0 Å². The van der Waals surface area contributed by atoms with Crippen LogP contribution < -0.4 is 15.6 Å². The molecule has 0 saturated heterocycles. The van der Waals surface area contributed by atoms with Crippen LogP contribution in [0, 0.1) is 13.8 Å². The Kier molecular flexibility index (Phi) is 6.21. The molecule has 0 aliphatic rings. The van der Waals surface area contributed by atoms with Crippen molar-refractivity contribution in [1.29, 1.82) is 0 Å². The molecule has 0 bridgehead atoms. The number of hydrogen-bond acceptors (Lipinski definition) is 8. The molecule has 1 N–H and O–H groups in total. The number of pyridine rings is 2. The molecule has 0 fully saturated rings. The highest BCUT2D eigenvalue weighted by molar-refractivity contribution is 7.21. The van der Waals surface area contributed by atoms with Crippen LogP contribution in [0.25, 0.3) is 27.4 Å². The second-order valence-electron chi connectivity index (χ2n) is 7.96. The van der Waals surface area contributed by atoms with Crippen molar-refractivity contribution >= 4 is 44.5 Å². The van der Waals surface area contributed by atoms with Crippen molar-refractivity contribution in [3.05, 3.63) is 87.2 Å². The molecule has 0 unspecified atom stereocenters. The van der Waals surface area contributed by atoms with Crippen molar-refractivity contribution < 1.29 is 9.53 Å². The van der Waals surface area contributed by atoms with Crippen LogP contribution in [0.2, 0.25) is 5.02 Å². The molecule has 0 atom stereocenters. The summed E-state index contributed by atoms with van der Waals surface area (Å²) in [6, 6.07) is 10.1. The second kappa shape index (κ2) is 9.48. The van der Waals surface area contributed by atoms with E-state index in [1.807, 2.05) is 13.8 Å². The first-order valence-corrected chi connectivity index (χ1v) is 12.0. The maximum atomic E-state index is 13.4. The number of methoxy groups -OCH3 is 1. The maximum absolute atomic E-state index is 13.4. The summed E-state index contributed by atoms with van der Waals surface area (Å²) in [5.41, 5.74) is 3.10. The molecule has 4 aromatic heterocycles. The lowest BCUT2D eigenvalue weighted by molar-refractivity contribution is 0.102. The van der Waals surface area contributed by atoms with Crippen molar-refractivity contribution in [2.75, 3.05) is 12.4 Å². The summed E-state index contributed by atoms with van der Waals surface area (Å²) in [5.74, 6) is 0.404. The summed E-state index contributed by atoms with van der Waals surface area (Å²) in [6.45, 7) is 3.67. The van der Waals surface area contributed by atoms with Gasteiger partial charge in [0.15, 0.2) is 15.6 Å². The topological polar surface area (TPSA) is 112 Å². The highest BCUT2D eigenvalue weighted by atomic mass is 35.5. The van der Waals surface area contributed by atoms with Crippen LogP contribution in [-0.4, -0.2) is 37.5 Å². The average Bonchev–Trinajstić information content (AvgIpc) is 3.25. The summed E-state index contributed by atoms with van der Waals surface area (Å²) in [6.07, 6.45) is 4.68. The number of aryl methyl sites for hydroxylation is 2. The predicted octanol–water partition coefficient (Wildman–Crippen LogP) is 4.83. The zero-order valence-corrected chi connectivity index (χ0v) is 21.0. The van der Waals surface area contributed by atoms with Gasteiger partial charge >= 0.3 is 0 Å². The van der Waals surface area contributed by atoms with Crippen molar-refractivity contribution in [3.8, 4) is 22.7 Å². The van der Waals surface area contributed by atoms with E-state index in [1.165, 1.54) is 35.3 Å². The normalized spacial score (nSPS) is 11.0. The second-order valence-corrected chi connectivity index (χ2v) is 9.37. The van der Waals surface area contributed by atoms with Crippen molar-refractivity contribution in [3.63, 3.8) is 0 Å². The van der Waals surface area contributed by atoms with Crippen LogP contribution in [0.1, 0.15) is 21.6 Å². The van der Waals surface area contributed by atoms with E-state index in [0.29, 0.717) is 43.3 Å². The highest BCUT2D eigenvalue weighted by Crippen LogP contribution is 2.36. The highest BCUT2D eigenvalue weighted by Gasteiger charge is 2.20. The maximum Gasteiger partial charge on any atom is 0.259 e. The fraction of sp³-hybridized carbons (Fsp3) is 0.120. The number of amides is 1.